The largest absolute Gasteiger partial charge is 0.370 e. The van der Waals surface area contributed by atoms with E-state index in [2.05, 4.69) is 68.9 Å². The minimum atomic E-state index is 0.157. The van der Waals surface area contributed by atoms with Gasteiger partial charge in [-0.3, -0.25) is 0 Å². The average Bonchev–Trinajstić information content (AvgIpc) is 2.42. The van der Waals surface area contributed by atoms with Gasteiger partial charge in [-0.2, -0.15) is 0 Å². The topological polar surface area (TPSA) is 32.5 Å². The maximum atomic E-state index is 6.08. The summed E-state index contributed by atoms with van der Waals surface area (Å²) in [4.78, 5) is 4.70. The molecule has 0 saturated carbocycles. The Labute approximate surface area is 124 Å². The molecule has 0 aliphatic rings. The van der Waals surface area contributed by atoms with Crippen LogP contribution in [0, 0.1) is 5.92 Å². The lowest BCUT2D eigenvalue weighted by molar-refractivity contribution is 0.409. The lowest BCUT2D eigenvalue weighted by Gasteiger charge is -2.28. The summed E-state index contributed by atoms with van der Waals surface area (Å²) in [5.74, 6) is 0.662. The maximum Gasteiger partial charge on any atom is 0.0366 e. The first-order valence-electron chi connectivity index (χ1n) is 7.69. The van der Waals surface area contributed by atoms with Crippen molar-refractivity contribution >= 4 is 5.69 Å². The SMILES string of the molecule is CC[C@@H](N)c1ccc(N(CCN(C)C)CC(C)C)cc1. The first kappa shape index (κ1) is 17.0. The van der Waals surface area contributed by atoms with Crippen LogP contribution < -0.4 is 10.6 Å². The van der Waals surface area contributed by atoms with Gasteiger partial charge in [-0.25, -0.2) is 0 Å². The Morgan fingerprint density at radius 1 is 1.05 bits per heavy atom. The summed E-state index contributed by atoms with van der Waals surface area (Å²) in [6.45, 7) is 9.88. The highest BCUT2D eigenvalue weighted by Gasteiger charge is 2.10. The number of hydrogen-bond donors (Lipinski definition) is 1. The number of nitrogens with two attached hydrogens (primary N) is 1. The van der Waals surface area contributed by atoms with Gasteiger partial charge in [0.25, 0.3) is 0 Å². The molecule has 0 radical (unpaired) electrons. The molecule has 0 saturated heterocycles. The van der Waals surface area contributed by atoms with Crippen molar-refractivity contribution in [2.45, 2.75) is 33.2 Å². The first-order valence-corrected chi connectivity index (χ1v) is 7.69. The van der Waals surface area contributed by atoms with Crippen molar-refractivity contribution in [3.63, 3.8) is 0 Å². The van der Waals surface area contributed by atoms with E-state index < -0.39 is 0 Å². The number of likely N-dealkylation sites (N-methyl/N-ethyl adjacent to an activating group) is 1. The summed E-state index contributed by atoms with van der Waals surface area (Å²) >= 11 is 0. The highest BCUT2D eigenvalue weighted by atomic mass is 15.2. The Morgan fingerprint density at radius 2 is 1.65 bits per heavy atom. The molecule has 0 bridgehead atoms. The van der Waals surface area contributed by atoms with E-state index in [1.807, 2.05) is 0 Å². The van der Waals surface area contributed by atoms with E-state index in [0.717, 1.165) is 26.1 Å². The van der Waals surface area contributed by atoms with Crippen molar-refractivity contribution in [1.82, 2.24) is 4.90 Å². The smallest absolute Gasteiger partial charge is 0.0366 e. The third kappa shape index (κ3) is 5.51. The molecule has 3 nitrogen and oxygen atoms in total. The molecule has 0 aromatic heterocycles. The molecule has 20 heavy (non-hydrogen) atoms. The molecule has 0 fully saturated rings. The van der Waals surface area contributed by atoms with E-state index in [1.54, 1.807) is 0 Å². The average molecular weight is 277 g/mol. The van der Waals surface area contributed by atoms with Gasteiger partial charge >= 0.3 is 0 Å². The minimum Gasteiger partial charge on any atom is -0.370 e. The highest BCUT2D eigenvalue weighted by Crippen LogP contribution is 2.20. The summed E-state index contributed by atoms with van der Waals surface area (Å²) in [6.07, 6.45) is 0.982. The molecule has 1 atom stereocenters. The first-order chi connectivity index (χ1) is 9.43. The normalized spacial score (nSPS) is 13.0. The van der Waals surface area contributed by atoms with Crippen molar-refractivity contribution < 1.29 is 0 Å². The van der Waals surface area contributed by atoms with E-state index in [9.17, 15) is 0 Å². The van der Waals surface area contributed by atoms with E-state index in [0.29, 0.717) is 5.92 Å². The van der Waals surface area contributed by atoms with Gasteiger partial charge in [0.15, 0.2) is 0 Å². The van der Waals surface area contributed by atoms with Crippen molar-refractivity contribution in [2.75, 3.05) is 38.6 Å². The van der Waals surface area contributed by atoms with Crippen LogP contribution in [0.5, 0.6) is 0 Å². The highest BCUT2D eigenvalue weighted by molar-refractivity contribution is 5.48. The zero-order chi connectivity index (χ0) is 15.1. The predicted molar refractivity (Wildman–Crippen MR) is 89.3 cm³/mol. The monoisotopic (exact) mass is 277 g/mol. The molecule has 0 amide bonds. The molecule has 0 aliphatic heterocycles. The van der Waals surface area contributed by atoms with Crippen LogP contribution in [0.2, 0.25) is 0 Å². The fraction of sp³-hybridized carbons (Fsp3) is 0.647. The Bertz CT molecular complexity index is 370. The summed E-state index contributed by atoms with van der Waals surface area (Å²) in [5.41, 5.74) is 8.61. The number of hydrogen-bond acceptors (Lipinski definition) is 3. The molecular weight excluding hydrogens is 246 g/mol. The Hall–Kier alpha value is -1.06. The Morgan fingerprint density at radius 3 is 2.10 bits per heavy atom. The molecule has 1 aromatic rings. The van der Waals surface area contributed by atoms with Crippen LogP contribution in [0.3, 0.4) is 0 Å². The van der Waals surface area contributed by atoms with E-state index in [4.69, 9.17) is 5.73 Å². The molecule has 0 unspecified atom stereocenters. The van der Waals surface area contributed by atoms with Crippen LogP contribution in [0.1, 0.15) is 38.8 Å². The second kappa shape index (κ2) is 8.28. The van der Waals surface area contributed by atoms with E-state index in [1.165, 1.54) is 11.3 Å². The fourth-order valence-electron chi connectivity index (χ4n) is 2.26. The molecule has 114 valence electrons. The van der Waals surface area contributed by atoms with Crippen molar-refractivity contribution in [3.05, 3.63) is 29.8 Å². The van der Waals surface area contributed by atoms with Crippen LogP contribution in [0.15, 0.2) is 24.3 Å². The zero-order valence-electron chi connectivity index (χ0n) is 13.8. The quantitative estimate of drug-likeness (QED) is 0.792. The molecule has 0 aliphatic carbocycles. The van der Waals surface area contributed by atoms with Gasteiger partial charge < -0.3 is 15.5 Å². The van der Waals surface area contributed by atoms with Gasteiger partial charge in [0.1, 0.15) is 0 Å². The van der Waals surface area contributed by atoms with Crippen molar-refractivity contribution in [2.24, 2.45) is 11.7 Å². The second-order valence-electron chi connectivity index (χ2n) is 6.25. The summed E-state index contributed by atoms with van der Waals surface area (Å²) < 4.78 is 0. The van der Waals surface area contributed by atoms with Crippen LogP contribution in [0.4, 0.5) is 5.69 Å². The van der Waals surface area contributed by atoms with Gasteiger partial charge in [-0.15, -0.1) is 0 Å². The number of anilines is 1. The van der Waals surface area contributed by atoms with Crippen molar-refractivity contribution in [3.8, 4) is 0 Å². The van der Waals surface area contributed by atoms with Gasteiger partial charge in [-0.1, -0.05) is 32.9 Å². The van der Waals surface area contributed by atoms with E-state index in [-0.39, 0.29) is 6.04 Å². The predicted octanol–water partition coefficient (Wildman–Crippen LogP) is 3.12. The molecule has 1 rings (SSSR count). The van der Waals surface area contributed by atoms with Gasteiger partial charge in [0.05, 0.1) is 0 Å². The molecular formula is C17H31N3. The summed E-state index contributed by atoms with van der Waals surface area (Å²) in [6, 6.07) is 8.93. The summed E-state index contributed by atoms with van der Waals surface area (Å²) in [7, 11) is 4.24. The second-order valence-corrected chi connectivity index (χ2v) is 6.25. The van der Waals surface area contributed by atoms with Crippen LogP contribution in [0.25, 0.3) is 0 Å². The number of nitrogens with zero attached hydrogens (tertiary/aromatic N) is 2. The molecule has 0 spiro atoms. The lowest BCUT2D eigenvalue weighted by Crippen LogP contribution is -2.34. The molecule has 0 heterocycles. The van der Waals surface area contributed by atoms with Gasteiger partial charge in [0, 0.05) is 31.4 Å². The molecule has 3 heteroatoms. The van der Waals surface area contributed by atoms with E-state index >= 15 is 0 Å². The van der Waals surface area contributed by atoms with Crippen LogP contribution in [-0.2, 0) is 0 Å². The molecule has 2 N–H and O–H groups in total. The fourth-order valence-corrected chi connectivity index (χ4v) is 2.26. The standard InChI is InChI=1S/C17H31N3/c1-6-17(18)15-7-9-16(10-8-15)20(13-14(2)3)12-11-19(4)5/h7-10,14,17H,6,11-13,18H2,1-5H3/t17-/m1/s1. The van der Waals surface area contributed by atoms with Crippen LogP contribution in [-0.4, -0.2) is 38.6 Å². The minimum absolute atomic E-state index is 0.157. The van der Waals surface area contributed by atoms with Crippen molar-refractivity contribution in [1.29, 1.82) is 0 Å². The van der Waals surface area contributed by atoms with Crippen LogP contribution >= 0.6 is 0 Å². The third-order valence-corrected chi connectivity index (χ3v) is 3.53. The molecule has 1 aromatic carbocycles. The summed E-state index contributed by atoms with van der Waals surface area (Å²) in [5, 5.41) is 0. The Balaban J connectivity index is 2.79. The number of rotatable bonds is 8. The van der Waals surface area contributed by atoms with Gasteiger partial charge in [-0.05, 0) is 44.1 Å². The maximum absolute atomic E-state index is 6.08. The Kier molecular flexibility index (Phi) is 7.03. The zero-order valence-corrected chi connectivity index (χ0v) is 13.8. The lowest BCUT2D eigenvalue weighted by atomic mass is 10.0. The van der Waals surface area contributed by atoms with Gasteiger partial charge in [0.2, 0.25) is 0 Å². The number of benzene rings is 1. The third-order valence-electron chi connectivity index (χ3n) is 3.53.